The molecule has 4 N–H and O–H groups in total. The van der Waals surface area contributed by atoms with Crippen LogP contribution in [0.2, 0.25) is 0 Å². The summed E-state index contributed by atoms with van der Waals surface area (Å²) in [4.78, 5) is 25.8. The van der Waals surface area contributed by atoms with Crippen molar-refractivity contribution in [1.29, 1.82) is 0 Å². The third kappa shape index (κ3) is 6.45. The van der Waals surface area contributed by atoms with Gasteiger partial charge in [-0.25, -0.2) is 4.79 Å². The monoisotopic (exact) mass is 483 g/mol. The first-order chi connectivity index (χ1) is 15.7. The number of rotatable bonds is 5. The fraction of sp³-hybridized carbons (Fsp3) is 0.381. The van der Waals surface area contributed by atoms with E-state index < -0.39 is 18.2 Å². The highest BCUT2D eigenvalue weighted by Crippen LogP contribution is 2.31. The van der Waals surface area contributed by atoms with Crippen LogP contribution in [0.25, 0.3) is 10.1 Å². The Balaban J connectivity index is 0.000000383. The number of H-pyrrole nitrogens is 1. The number of aromatic amines is 1. The summed E-state index contributed by atoms with van der Waals surface area (Å²) in [6.07, 6.45) is -0.0433. The summed E-state index contributed by atoms with van der Waals surface area (Å²) in [5.41, 5.74) is 8.49. The predicted octanol–water partition coefficient (Wildman–Crippen LogP) is 2.87. The lowest BCUT2D eigenvalue weighted by Crippen LogP contribution is -2.53. The van der Waals surface area contributed by atoms with E-state index in [1.165, 1.54) is 15.8 Å². The number of hydrogen-bond acceptors (Lipinski definition) is 6. The number of amides is 1. The standard InChI is InChI=1S/C19H23N5OS.C2HF3O2/c20-16(5-4-14-12-21-22-13-14)19(25)24-9-7-23(8-10-24)17-2-1-3-18-15(17)6-11-26-18;3-2(4,5)1(6)7/h1-3,6,11-13,16H,4-5,7-10,20H2,(H,21,22);(H,6,7). The Bertz CT molecular complexity index is 1060. The number of thiophene rings is 1. The Morgan fingerprint density at radius 2 is 1.91 bits per heavy atom. The lowest BCUT2D eigenvalue weighted by atomic mass is 10.1. The van der Waals surface area contributed by atoms with Crippen molar-refractivity contribution in [2.24, 2.45) is 5.73 Å². The van der Waals surface area contributed by atoms with Gasteiger partial charge in [0.15, 0.2) is 0 Å². The Morgan fingerprint density at radius 1 is 1.21 bits per heavy atom. The smallest absolute Gasteiger partial charge is 0.475 e. The second kappa shape index (κ2) is 10.7. The van der Waals surface area contributed by atoms with Crippen LogP contribution in [0.4, 0.5) is 18.9 Å². The van der Waals surface area contributed by atoms with Crippen LogP contribution < -0.4 is 10.6 Å². The van der Waals surface area contributed by atoms with Crippen molar-refractivity contribution in [3.05, 3.63) is 47.6 Å². The summed E-state index contributed by atoms with van der Waals surface area (Å²) in [7, 11) is 0. The summed E-state index contributed by atoms with van der Waals surface area (Å²) in [5.74, 6) is -2.70. The highest BCUT2D eigenvalue weighted by molar-refractivity contribution is 7.17. The van der Waals surface area contributed by atoms with E-state index in [0.29, 0.717) is 6.42 Å². The number of benzene rings is 1. The maximum Gasteiger partial charge on any atom is 0.490 e. The Kier molecular flexibility index (Phi) is 7.92. The number of halogens is 3. The first-order valence-corrected chi connectivity index (χ1v) is 11.1. The van der Waals surface area contributed by atoms with Gasteiger partial charge in [-0.15, -0.1) is 11.3 Å². The molecule has 2 aromatic heterocycles. The van der Waals surface area contributed by atoms with Gasteiger partial charge in [-0.3, -0.25) is 9.89 Å². The topological polar surface area (TPSA) is 116 Å². The van der Waals surface area contributed by atoms with Gasteiger partial charge in [0.2, 0.25) is 5.91 Å². The lowest BCUT2D eigenvalue weighted by Gasteiger charge is -2.37. The molecule has 8 nitrogen and oxygen atoms in total. The highest BCUT2D eigenvalue weighted by atomic mass is 32.1. The van der Waals surface area contributed by atoms with Crippen molar-refractivity contribution in [3.8, 4) is 0 Å². The number of nitrogens with one attached hydrogen (secondary N) is 1. The molecule has 0 aliphatic carbocycles. The molecular weight excluding hydrogens is 459 g/mol. The average molecular weight is 484 g/mol. The van der Waals surface area contributed by atoms with Crippen molar-refractivity contribution in [2.45, 2.75) is 25.1 Å². The predicted molar refractivity (Wildman–Crippen MR) is 119 cm³/mol. The van der Waals surface area contributed by atoms with E-state index in [1.807, 2.05) is 11.1 Å². The van der Waals surface area contributed by atoms with Crippen molar-refractivity contribution in [3.63, 3.8) is 0 Å². The number of carbonyl (C=O) groups is 2. The maximum atomic E-state index is 12.6. The zero-order valence-electron chi connectivity index (χ0n) is 17.6. The van der Waals surface area contributed by atoms with Crippen LogP contribution in [-0.4, -0.2) is 70.5 Å². The zero-order chi connectivity index (χ0) is 24.0. The number of aryl methyl sites for hydroxylation is 1. The summed E-state index contributed by atoms with van der Waals surface area (Å²) in [6, 6.07) is 8.17. The van der Waals surface area contributed by atoms with E-state index in [-0.39, 0.29) is 5.91 Å². The van der Waals surface area contributed by atoms with Crippen molar-refractivity contribution in [2.75, 3.05) is 31.1 Å². The minimum absolute atomic E-state index is 0.0573. The van der Waals surface area contributed by atoms with Gasteiger partial charge >= 0.3 is 12.1 Å². The van der Waals surface area contributed by atoms with Crippen molar-refractivity contribution >= 4 is 39.0 Å². The molecule has 1 aromatic carbocycles. The Morgan fingerprint density at radius 3 is 2.52 bits per heavy atom. The molecule has 0 radical (unpaired) electrons. The molecule has 1 amide bonds. The Hall–Kier alpha value is -3.12. The summed E-state index contributed by atoms with van der Waals surface area (Å²) in [5, 5.41) is 17.3. The number of anilines is 1. The van der Waals surface area contributed by atoms with Crippen LogP contribution in [0, 0.1) is 0 Å². The van der Waals surface area contributed by atoms with E-state index in [4.69, 9.17) is 15.6 Å². The van der Waals surface area contributed by atoms with Crippen LogP contribution in [-0.2, 0) is 16.0 Å². The number of nitrogens with zero attached hydrogens (tertiary/aromatic N) is 3. The van der Waals surface area contributed by atoms with E-state index in [0.717, 1.165) is 38.2 Å². The first-order valence-electron chi connectivity index (χ1n) is 10.2. The molecule has 0 saturated carbocycles. The normalized spacial score (nSPS) is 15.2. The van der Waals surface area contributed by atoms with Gasteiger partial charge in [0.25, 0.3) is 0 Å². The van der Waals surface area contributed by atoms with Gasteiger partial charge in [-0.05, 0) is 42.0 Å². The number of hydrogen-bond donors (Lipinski definition) is 3. The molecule has 12 heteroatoms. The molecule has 178 valence electrons. The molecular formula is C21H24F3N5O3S. The lowest BCUT2D eigenvalue weighted by molar-refractivity contribution is -0.192. The molecule has 33 heavy (non-hydrogen) atoms. The first kappa shape index (κ1) is 24.5. The number of aromatic nitrogens is 2. The second-order valence-corrected chi connectivity index (χ2v) is 8.42. The van der Waals surface area contributed by atoms with Crippen LogP contribution >= 0.6 is 11.3 Å². The minimum Gasteiger partial charge on any atom is -0.475 e. The third-order valence-corrected chi connectivity index (χ3v) is 6.15. The molecule has 4 rings (SSSR count). The quantitative estimate of drug-likeness (QED) is 0.514. The molecule has 1 atom stereocenters. The summed E-state index contributed by atoms with van der Waals surface area (Å²) >= 11 is 1.76. The number of fused-ring (bicyclic) bond motifs is 1. The number of carboxylic acid groups (broad SMARTS) is 1. The number of carbonyl (C=O) groups excluding carboxylic acids is 1. The molecule has 1 aliphatic heterocycles. The third-order valence-electron chi connectivity index (χ3n) is 5.26. The van der Waals surface area contributed by atoms with E-state index in [9.17, 15) is 18.0 Å². The minimum atomic E-state index is -5.08. The summed E-state index contributed by atoms with van der Waals surface area (Å²) in [6.45, 7) is 3.13. The fourth-order valence-electron chi connectivity index (χ4n) is 3.52. The molecule has 1 saturated heterocycles. The maximum absolute atomic E-state index is 12.6. The SMILES string of the molecule is NC(CCc1cn[nH]c1)C(=O)N1CCN(c2cccc3sccc23)CC1.O=C(O)C(F)(F)F. The highest BCUT2D eigenvalue weighted by Gasteiger charge is 2.38. The molecule has 1 aliphatic rings. The largest absolute Gasteiger partial charge is 0.490 e. The number of aliphatic carboxylic acids is 1. The van der Waals surface area contributed by atoms with Gasteiger partial charge in [0, 0.05) is 48.1 Å². The van der Waals surface area contributed by atoms with Crippen molar-refractivity contribution in [1.82, 2.24) is 15.1 Å². The molecule has 3 aromatic rings. The second-order valence-electron chi connectivity index (χ2n) is 7.48. The fourth-order valence-corrected chi connectivity index (χ4v) is 4.32. The van der Waals surface area contributed by atoms with Crippen LogP contribution in [0.5, 0.6) is 0 Å². The van der Waals surface area contributed by atoms with E-state index in [1.54, 1.807) is 17.5 Å². The number of carboxylic acids is 1. The molecule has 1 unspecified atom stereocenters. The number of piperazine rings is 1. The van der Waals surface area contributed by atoms with Crippen LogP contribution in [0.3, 0.4) is 0 Å². The van der Waals surface area contributed by atoms with Gasteiger partial charge in [0.05, 0.1) is 12.2 Å². The molecule has 1 fully saturated rings. The Labute approximate surface area is 191 Å². The van der Waals surface area contributed by atoms with Gasteiger partial charge < -0.3 is 20.6 Å². The zero-order valence-corrected chi connectivity index (χ0v) is 18.4. The molecule has 0 spiro atoms. The summed E-state index contributed by atoms with van der Waals surface area (Å²) < 4.78 is 33.0. The average Bonchev–Trinajstić information content (AvgIpc) is 3.48. The van der Waals surface area contributed by atoms with Gasteiger partial charge in [0.1, 0.15) is 0 Å². The van der Waals surface area contributed by atoms with Crippen LogP contribution in [0.15, 0.2) is 42.0 Å². The van der Waals surface area contributed by atoms with Crippen molar-refractivity contribution < 1.29 is 27.9 Å². The molecule has 3 heterocycles. The number of nitrogens with two attached hydrogens (primary N) is 1. The van der Waals surface area contributed by atoms with Crippen LogP contribution in [0.1, 0.15) is 12.0 Å². The van der Waals surface area contributed by atoms with E-state index >= 15 is 0 Å². The van der Waals surface area contributed by atoms with E-state index in [2.05, 4.69) is 44.7 Å². The van der Waals surface area contributed by atoms with Gasteiger partial charge in [-0.2, -0.15) is 18.3 Å². The number of alkyl halides is 3. The molecule has 0 bridgehead atoms. The van der Waals surface area contributed by atoms with Gasteiger partial charge in [-0.1, -0.05) is 6.07 Å².